The topological polar surface area (TPSA) is 26.3 Å². The lowest BCUT2D eigenvalue weighted by molar-refractivity contribution is -0.121. The van der Waals surface area contributed by atoms with E-state index in [1.54, 1.807) is 0 Å². The molecule has 0 saturated heterocycles. The Morgan fingerprint density at radius 3 is 2.86 bits per heavy atom. The lowest BCUT2D eigenvalue weighted by atomic mass is 10.2. The number of hydrogen-bond donors (Lipinski definition) is 0. The summed E-state index contributed by atoms with van der Waals surface area (Å²) in [5, 5.41) is 0.353. The van der Waals surface area contributed by atoms with Crippen LogP contribution < -0.4 is 0 Å². The molecule has 0 heterocycles. The summed E-state index contributed by atoms with van der Waals surface area (Å²) in [6.07, 6.45) is 0. The molecule has 0 spiro atoms. The summed E-state index contributed by atoms with van der Waals surface area (Å²) >= 11 is 6.44. The summed E-state index contributed by atoms with van der Waals surface area (Å²) in [6.45, 7) is 0.635. The summed E-state index contributed by atoms with van der Waals surface area (Å²) in [5.41, 5.74) is 1.06. The van der Waals surface area contributed by atoms with Gasteiger partial charge in [-0.15, -0.1) is 0 Å². The molecule has 76 valence electrons. The van der Waals surface area contributed by atoms with Crippen LogP contribution in [0.1, 0.15) is 5.56 Å². The highest BCUT2D eigenvalue weighted by Gasteiger charge is 1.99. The number of carbonyl (C=O) groups excluding carboxylic acids is 1. The molecule has 0 fully saturated rings. The van der Waals surface area contributed by atoms with Gasteiger partial charge in [-0.05, 0) is 17.7 Å². The average molecular weight is 322 g/mol. The third kappa shape index (κ3) is 4.35. The molecule has 0 saturated carbocycles. The summed E-state index contributed by atoms with van der Waals surface area (Å²) in [5.74, 6) is 0.0556. The summed E-state index contributed by atoms with van der Waals surface area (Å²) in [6, 6.07) is 7.82. The summed E-state index contributed by atoms with van der Waals surface area (Å²) < 4.78 is 6.25. The quantitative estimate of drug-likeness (QED) is 0.779. The molecule has 0 amide bonds. The number of carbonyl (C=O) groups is 1. The van der Waals surface area contributed by atoms with E-state index in [1.165, 1.54) is 0 Å². The highest BCUT2D eigenvalue weighted by Crippen LogP contribution is 2.12. The van der Waals surface area contributed by atoms with Gasteiger partial charge in [-0.1, -0.05) is 44.0 Å². The van der Waals surface area contributed by atoms with Gasteiger partial charge in [0.05, 0.1) is 11.9 Å². The first-order chi connectivity index (χ1) is 6.72. The van der Waals surface area contributed by atoms with E-state index in [0.717, 1.165) is 10.0 Å². The number of Topliss-reactive ketones (excluding diaryl/α,β-unsaturated/α-hetero) is 1. The zero-order chi connectivity index (χ0) is 10.4. The van der Waals surface area contributed by atoms with Crippen LogP contribution in [0.3, 0.4) is 0 Å². The molecule has 0 radical (unpaired) electrons. The van der Waals surface area contributed by atoms with Gasteiger partial charge in [-0.3, -0.25) is 4.79 Å². The molecule has 0 aliphatic heterocycles. The molecule has 0 aliphatic carbocycles. The number of rotatable bonds is 5. The van der Waals surface area contributed by atoms with E-state index in [2.05, 4.69) is 31.9 Å². The molecule has 0 atom stereocenters. The highest BCUT2D eigenvalue weighted by molar-refractivity contribution is 9.10. The van der Waals surface area contributed by atoms with Crippen LogP contribution in [-0.4, -0.2) is 17.7 Å². The monoisotopic (exact) mass is 320 g/mol. The van der Waals surface area contributed by atoms with Gasteiger partial charge in [0.15, 0.2) is 5.78 Å². The van der Waals surface area contributed by atoms with E-state index < -0.39 is 0 Å². The van der Waals surface area contributed by atoms with Gasteiger partial charge in [0.1, 0.15) is 6.61 Å². The Balaban J connectivity index is 2.35. The maximum atomic E-state index is 10.9. The number of hydrogen-bond acceptors (Lipinski definition) is 2. The van der Waals surface area contributed by atoms with E-state index >= 15 is 0 Å². The van der Waals surface area contributed by atoms with Gasteiger partial charge >= 0.3 is 0 Å². The van der Waals surface area contributed by atoms with Crippen molar-refractivity contribution in [2.24, 2.45) is 0 Å². The third-order valence-electron chi connectivity index (χ3n) is 1.57. The van der Waals surface area contributed by atoms with Crippen LogP contribution in [0.15, 0.2) is 28.7 Å². The smallest absolute Gasteiger partial charge is 0.168 e. The molecule has 1 rings (SSSR count). The fraction of sp³-hybridized carbons (Fsp3) is 0.300. The molecular formula is C10H10Br2O2. The second kappa shape index (κ2) is 6.32. The summed E-state index contributed by atoms with van der Waals surface area (Å²) in [7, 11) is 0. The normalized spacial score (nSPS) is 10.1. The molecule has 2 nitrogen and oxygen atoms in total. The van der Waals surface area contributed by atoms with Gasteiger partial charge in [-0.2, -0.15) is 0 Å². The van der Waals surface area contributed by atoms with Crippen LogP contribution in [0.25, 0.3) is 0 Å². The first-order valence-electron chi connectivity index (χ1n) is 4.12. The van der Waals surface area contributed by atoms with E-state index in [9.17, 15) is 4.79 Å². The molecule has 1 aromatic rings. The number of alkyl halides is 1. The minimum Gasteiger partial charge on any atom is -0.369 e. The lowest BCUT2D eigenvalue weighted by Crippen LogP contribution is -2.09. The van der Waals surface area contributed by atoms with Crippen molar-refractivity contribution in [3.63, 3.8) is 0 Å². The van der Waals surface area contributed by atoms with Gasteiger partial charge < -0.3 is 4.74 Å². The standard InChI is InChI=1S/C10H10Br2O2/c11-5-10(13)7-14-6-8-2-1-3-9(12)4-8/h1-4H,5-7H2. The first kappa shape index (κ1) is 11.9. The minimum absolute atomic E-state index is 0.0556. The Morgan fingerprint density at radius 1 is 1.43 bits per heavy atom. The van der Waals surface area contributed by atoms with Crippen LogP contribution >= 0.6 is 31.9 Å². The fourth-order valence-corrected chi connectivity index (χ4v) is 1.56. The van der Waals surface area contributed by atoms with Gasteiger partial charge in [-0.25, -0.2) is 0 Å². The van der Waals surface area contributed by atoms with Crippen molar-refractivity contribution in [2.75, 3.05) is 11.9 Å². The fourth-order valence-electron chi connectivity index (χ4n) is 0.948. The van der Waals surface area contributed by atoms with Gasteiger partial charge in [0.25, 0.3) is 0 Å². The van der Waals surface area contributed by atoms with Crippen LogP contribution in [-0.2, 0) is 16.1 Å². The lowest BCUT2D eigenvalue weighted by Gasteiger charge is -2.02. The van der Waals surface area contributed by atoms with Crippen molar-refractivity contribution in [1.29, 1.82) is 0 Å². The van der Waals surface area contributed by atoms with Crippen LogP contribution in [0.2, 0.25) is 0 Å². The zero-order valence-electron chi connectivity index (χ0n) is 7.50. The molecule has 0 aliphatic rings. The van der Waals surface area contributed by atoms with Crippen LogP contribution in [0.5, 0.6) is 0 Å². The predicted octanol–water partition coefficient (Wildman–Crippen LogP) is 2.93. The van der Waals surface area contributed by atoms with Gasteiger partial charge in [0.2, 0.25) is 0 Å². The summed E-state index contributed by atoms with van der Waals surface area (Å²) in [4.78, 5) is 10.9. The number of benzene rings is 1. The number of ketones is 1. The maximum Gasteiger partial charge on any atom is 0.168 e. The second-order valence-corrected chi connectivity index (χ2v) is 4.27. The molecule has 4 heteroatoms. The average Bonchev–Trinajstić information content (AvgIpc) is 2.17. The van der Waals surface area contributed by atoms with Crippen LogP contribution in [0.4, 0.5) is 0 Å². The predicted molar refractivity (Wildman–Crippen MR) is 62.6 cm³/mol. The van der Waals surface area contributed by atoms with Crippen molar-refractivity contribution in [3.05, 3.63) is 34.3 Å². The Labute approximate surface area is 99.9 Å². The Hall–Kier alpha value is -0.190. The van der Waals surface area contributed by atoms with Crippen molar-refractivity contribution >= 4 is 37.6 Å². The molecule has 0 unspecified atom stereocenters. The first-order valence-corrected chi connectivity index (χ1v) is 6.03. The largest absolute Gasteiger partial charge is 0.369 e. The minimum atomic E-state index is 0.0556. The van der Waals surface area contributed by atoms with Gasteiger partial charge in [0, 0.05) is 4.47 Å². The van der Waals surface area contributed by atoms with Crippen LogP contribution in [0, 0.1) is 0 Å². The molecule has 0 N–H and O–H groups in total. The van der Waals surface area contributed by atoms with E-state index in [-0.39, 0.29) is 12.4 Å². The van der Waals surface area contributed by atoms with Crippen molar-refractivity contribution in [3.8, 4) is 0 Å². The van der Waals surface area contributed by atoms with E-state index in [1.807, 2.05) is 24.3 Å². The van der Waals surface area contributed by atoms with Crippen molar-refractivity contribution in [2.45, 2.75) is 6.61 Å². The zero-order valence-corrected chi connectivity index (χ0v) is 10.7. The van der Waals surface area contributed by atoms with Crippen molar-refractivity contribution in [1.82, 2.24) is 0 Å². The SMILES string of the molecule is O=C(CBr)COCc1cccc(Br)c1. The molecular weight excluding hydrogens is 312 g/mol. The number of ether oxygens (including phenoxy) is 1. The van der Waals surface area contributed by atoms with E-state index in [4.69, 9.17) is 4.74 Å². The third-order valence-corrected chi connectivity index (χ3v) is 2.69. The van der Waals surface area contributed by atoms with Crippen molar-refractivity contribution < 1.29 is 9.53 Å². The maximum absolute atomic E-state index is 10.9. The Bertz CT molecular complexity index is 313. The molecule has 0 bridgehead atoms. The van der Waals surface area contributed by atoms with E-state index in [0.29, 0.717) is 11.9 Å². The highest BCUT2D eigenvalue weighted by atomic mass is 79.9. The number of halogens is 2. The Morgan fingerprint density at radius 2 is 2.21 bits per heavy atom. The molecule has 1 aromatic carbocycles. The molecule has 14 heavy (non-hydrogen) atoms. The Kier molecular flexibility index (Phi) is 5.37. The second-order valence-electron chi connectivity index (χ2n) is 2.80. The molecule has 0 aromatic heterocycles.